The molecule has 6 rings (SSSR count). The van der Waals surface area contributed by atoms with Gasteiger partial charge >= 0.3 is 0 Å². The smallest absolute Gasteiger partial charge is 0.0228 e. The Bertz CT molecular complexity index is 389. The molecule has 6 aliphatic rings. The van der Waals surface area contributed by atoms with Gasteiger partial charge in [0.15, 0.2) is 0 Å². The molecule has 1 nitrogen and oxygen atoms in total. The van der Waals surface area contributed by atoms with E-state index in [2.05, 4.69) is 18.7 Å². The van der Waals surface area contributed by atoms with Gasteiger partial charge in [-0.25, -0.2) is 0 Å². The first kappa shape index (κ1) is 11.6. The first-order valence-electron chi connectivity index (χ1n) is 8.78. The van der Waals surface area contributed by atoms with E-state index in [0.29, 0.717) is 16.4 Å². The lowest BCUT2D eigenvalue weighted by molar-refractivity contribution is -0.166. The summed E-state index contributed by atoms with van der Waals surface area (Å²) in [7, 11) is 0. The second-order valence-electron chi connectivity index (χ2n) is 9.72. The number of hydrogen-bond donors (Lipinski definition) is 0. The van der Waals surface area contributed by atoms with Crippen molar-refractivity contribution in [3.8, 4) is 0 Å². The first-order valence-corrected chi connectivity index (χ1v) is 8.78. The number of fused-ring (bicyclic) bond motifs is 2. The van der Waals surface area contributed by atoms with Crippen LogP contribution in [-0.4, -0.2) is 22.5 Å². The molecule has 2 unspecified atom stereocenters. The molecule has 0 radical (unpaired) electrons. The number of hydrogen-bond acceptors (Lipinski definition) is 1. The van der Waals surface area contributed by atoms with E-state index < -0.39 is 0 Å². The van der Waals surface area contributed by atoms with Crippen LogP contribution in [0.4, 0.5) is 0 Å². The van der Waals surface area contributed by atoms with Gasteiger partial charge < -0.3 is 0 Å². The Kier molecular flexibility index (Phi) is 1.98. The molecule has 2 heterocycles. The van der Waals surface area contributed by atoms with E-state index in [0.717, 1.165) is 18.0 Å². The van der Waals surface area contributed by atoms with Gasteiger partial charge in [0.1, 0.15) is 0 Å². The number of rotatable bonds is 1. The lowest BCUT2D eigenvalue weighted by Crippen LogP contribution is -2.66. The van der Waals surface area contributed by atoms with Crippen LogP contribution in [0.15, 0.2) is 0 Å². The Labute approximate surface area is 118 Å². The summed E-state index contributed by atoms with van der Waals surface area (Å²) in [5, 5.41) is 0. The predicted molar refractivity (Wildman–Crippen MR) is 78.0 cm³/mol. The highest BCUT2D eigenvalue weighted by Gasteiger charge is 2.64. The normalized spacial score (nSPS) is 63.2. The van der Waals surface area contributed by atoms with Crippen LogP contribution < -0.4 is 0 Å². The maximum absolute atomic E-state index is 3.11. The summed E-state index contributed by atoms with van der Waals surface area (Å²) in [4.78, 5) is 3.11. The van der Waals surface area contributed by atoms with Crippen molar-refractivity contribution in [2.24, 2.45) is 16.7 Å². The third kappa shape index (κ3) is 1.41. The van der Waals surface area contributed by atoms with Crippen molar-refractivity contribution in [1.82, 2.24) is 4.90 Å². The van der Waals surface area contributed by atoms with Crippen molar-refractivity contribution in [1.29, 1.82) is 0 Å². The molecule has 0 aromatic carbocycles. The fourth-order valence-electron chi connectivity index (χ4n) is 8.36. The van der Waals surface area contributed by atoms with Gasteiger partial charge in [-0.1, -0.05) is 13.8 Å². The van der Waals surface area contributed by atoms with Crippen molar-refractivity contribution in [2.45, 2.75) is 95.7 Å². The van der Waals surface area contributed by atoms with Crippen LogP contribution in [0.2, 0.25) is 0 Å². The highest BCUT2D eigenvalue weighted by Crippen LogP contribution is 2.69. The quantitative estimate of drug-likeness (QED) is 0.676. The van der Waals surface area contributed by atoms with E-state index in [1.54, 1.807) is 32.1 Å². The molecule has 1 heteroatoms. The van der Waals surface area contributed by atoms with E-state index >= 15 is 0 Å². The molecule has 0 N–H and O–H groups in total. The van der Waals surface area contributed by atoms with Crippen LogP contribution in [-0.2, 0) is 0 Å². The van der Waals surface area contributed by atoms with Gasteiger partial charge in [0, 0.05) is 17.6 Å². The zero-order valence-corrected chi connectivity index (χ0v) is 12.8. The van der Waals surface area contributed by atoms with Gasteiger partial charge in [-0.2, -0.15) is 0 Å². The Morgan fingerprint density at radius 2 is 1.26 bits per heavy atom. The summed E-state index contributed by atoms with van der Waals surface area (Å²) in [6.45, 7) is 5.25. The van der Waals surface area contributed by atoms with E-state index in [9.17, 15) is 0 Å². The Hall–Kier alpha value is -0.0400. The van der Waals surface area contributed by atoms with Crippen molar-refractivity contribution in [3.05, 3.63) is 0 Å². The molecule has 19 heavy (non-hydrogen) atoms. The lowest BCUT2D eigenvalue weighted by atomic mass is 9.42. The molecular formula is C18H29N. The molecule has 2 saturated heterocycles. The maximum Gasteiger partial charge on any atom is 0.0228 e. The zero-order chi connectivity index (χ0) is 12.9. The molecule has 4 aliphatic carbocycles. The van der Waals surface area contributed by atoms with E-state index in [1.807, 2.05) is 0 Å². The SMILES string of the molecule is CC12CC3CC(C)(C1)CC(N1C4CCC1CC4)(C3)C2. The molecule has 0 spiro atoms. The van der Waals surface area contributed by atoms with E-state index in [-0.39, 0.29) is 0 Å². The predicted octanol–water partition coefficient (Wildman–Crippen LogP) is 4.36. The minimum Gasteiger partial charge on any atom is -0.292 e. The van der Waals surface area contributed by atoms with E-state index in [4.69, 9.17) is 0 Å². The Morgan fingerprint density at radius 3 is 1.74 bits per heavy atom. The molecule has 0 aromatic heterocycles. The summed E-state index contributed by atoms with van der Waals surface area (Å²) in [6, 6.07) is 1.96. The van der Waals surface area contributed by atoms with Gasteiger partial charge in [-0.15, -0.1) is 0 Å². The van der Waals surface area contributed by atoms with Crippen molar-refractivity contribution >= 4 is 0 Å². The van der Waals surface area contributed by atoms with Crippen LogP contribution in [0.3, 0.4) is 0 Å². The third-order valence-corrected chi connectivity index (χ3v) is 7.60. The van der Waals surface area contributed by atoms with Crippen LogP contribution in [0.25, 0.3) is 0 Å². The van der Waals surface area contributed by atoms with Crippen molar-refractivity contribution < 1.29 is 0 Å². The molecule has 2 atom stereocenters. The van der Waals surface area contributed by atoms with Gasteiger partial charge in [-0.05, 0) is 81.0 Å². The standard InChI is InChI=1S/C18H29N/c1-16-7-13-8-17(2,10-16)12-18(9-13,11-16)19-14-3-4-15(19)6-5-14/h13-15H,3-12H2,1-2H3. The molecule has 6 bridgehead atoms. The monoisotopic (exact) mass is 259 g/mol. The molecule has 106 valence electrons. The fourth-order valence-corrected chi connectivity index (χ4v) is 8.36. The topological polar surface area (TPSA) is 3.24 Å². The molecular weight excluding hydrogens is 230 g/mol. The van der Waals surface area contributed by atoms with Crippen LogP contribution in [0.1, 0.15) is 78.1 Å². The lowest BCUT2D eigenvalue weighted by Gasteiger charge is -2.68. The summed E-state index contributed by atoms with van der Waals surface area (Å²) in [5.74, 6) is 1.06. The highest BCUT2D eigenvalue weighted by atomic mass is 15.3. The van der Waals surface area contributed by atoms with Crippen LogP contribution in [0.5, 0.6) is 0 Å². The van der Waals surface area contributed by atoms with Gasteiger partial charge in [0.05, 0.1) is 0 Å². The largest absolute Gasteiger partial charge is 0.292 e. The average Bonchev–Trinajstić information content (AvgIpc) is 2.82. The zero-order valence-electron chi connectivity index (χ0n) is 12.8. The van der Waals surface area contributed by atoms with Crippen molar-refractivity contribution in [3.63, 3.8) is 0 Å². The van der Waals surface area contributed by atoms with Crippen LogP contribution >= 0.6 is 0 Å². The maximum atomic E-state index is 3.11. The fraction of sp³-hybridized carbons (Fsp3) is 1.00. The Balaban J connectivity index is 1.58. The van der Waals surface area contributed by atoms with Gasteiger partial charge in [-0.3, -0.25) is 4.90 Å². The van der Waals surface area contributed by atoms with Gasteiger partial charge in [0.25, 0.3) is 0 Å². The highest BCUT2D eigenvalue weighted by molar-refractivity contribution is 5.18. The molecule has 4 saturated carbocycles. The minimum atomic E-state index is 0.644. The van der Waals surface area contributed by atoms with E-state index in [1.165, 1.54) is 32.1 Å². The second kappa shape index (κ2) is 3.24. The molecule has 0 aromatic rings. The molecule has 2 aliphatic heterocycles. The summed E-state index contributed by atoms with van der Waals surface area (Å²) < 4.78 is 0. The third-order valence-electron chi connectivity index (χ3n) is 7.60. The minimum absolute atomic E-state index is 0.644. The van der Waals surface area contributed by atoms with Crippen molar-refractivity contribution in [2.75, 3.05) is 0 Å². The Morgan fingerprint density at radius 1 is 0.737 bits per heavy atom. The molecule has 6 fully saturated rings. The van der Waals surface area contributed by atoms with Gasteiger partial charge in [0.2, 0.25) is 0 Å². The van der Waals surface area contributed by atoms with Crippen LogP contribution in [0, 0.1) is 16.7 Å². The molecule has 0 amide bonds. The first-order chi connectivity index (χ1) is 9.00. The summed E-state index contributed by atoms with van der Waals surface area (Å²) in [6.07, 6.45) is 15.3. The summed E-state index contributed by atoms with van der Waals surface area (Å²) >= 11 is 0. The average molecular weight is 259 g/mol. The summed E-state index contributed by atoms with van der Waals surface area (Å²) in [5.41, 5.74) is 2.03. The second-order valence-corrected chi connectivity index (χ2v) is 9.72. The number of nitrogens with zero attached hydrogens (tertiary/aromatic N) is 1.